The van der Waals surface area contributed by atoms with E-state index in [1.54, 1.807) is 12.1 Å². The molecule has 27 heavy (non-hydrogen) atoms. The molecule has 0 unspecified atom stereocenters. The van der Waals surface area contributed by atoms with Gasteiger partial charge in [0.2, 0.25) is 5.91 Å². The summed E-state index contributed by atoms with van der Waals surface area (Å²) in [7, 11) is 0. The van der Waals surface area contributed by atoms with Crippen LogP contribution in [-0.4, -0.2) is 17.7 Å². The molecule has 0 aliphatic carbocycles. The van der Waals surface area contributed by atoms with Gasteiger partial charge in [0.1, 0.15) is 6.04 Å². The van der Waals surface area contributed by atoms with Gasteiger partial charge in [-0.15, -0.1) is 0 Å². The van der Waals surface area contributed by atoms with E-state index in [0.29, 0.717) is 12.0 Å². The monoisotopic (exact) mass is 351 g/mol. The summed E-state index contributed by atoms with van der Waals surface area (Å²) in [6, 6.07) is 26.5. The molecule has 1 aliphatic rings. The Kier molecular flexibility index (Phi) is 4.51. The molecule has 0 saturated carbocycles. The molecule has 1 atom stereocenters. The summed E-state index contributed by atoms with van der Waals surface area (Å²) in [6.45, 7) is 0. The Bertz CT molecular complexity index is 1050. The van der Waals surface area contributed by atoms with Crippen LogP contribution in [-0.2, 0) is 11.2 Å². The highest BCUT2D eigenvalue weighted by Crippen LogP contribution is 2.25. The first-order chi connectivity index (χ1) is 13.2. The first kappa shape index (κ1) is 16.7. The fraction of sp³-hybridized carbons (Fsp3) is 0.0870. The predicted molar refractivity (Wildman–Crippen MR) is 106 cm³/mol. The lowest BCUT2D eigenvalue weighted by atomic mass is 9.99. The number of carbonyl (C=O) groups is 1. The molecule has 3 aromatic carbocycles. The summed E-state index contributed by atoms with van der Waals surface area (Å²) >= 11 is 0. The molecule has 130 valence electrons. The van der Waals surface area contributed by atoms with Crippen molar-refractivity contribution in [3.8, 4) is 6.07 Å². The number of aliphatic imine (C=N–C) groups is 1. The molecule has 0 saturated heterocycles. The lowest BCUT2D eigenvalue weighted by Crippen LogP contribution is -2.27. The highest BCUT2D eigenvalue weighted by atomic mass is 16.2. The van der Waals surface area contributed by atoms with Crippen molar-refractivity contribution in [1.82, 2.24) is 0 Å². The Morgan fingerprint density at radius 3 is 2.37 bits per heavy atom. The van der Waals surface area contributed by atoms with Crippen LogP contribution in [0.1, 0.15) is 22.3 Å². The molecule has 4 heteroatoms. The number of nitriles is 1. The third-order valence-electron chi connectivity index (χ3n) is 4.59. The SMILES string of the molecule is N#Cc1ccc(C2=N[C@@H](Cc3ccccc3)C(=O)Nc3ccccc32)cc1. The molecule has 0 bridgehead atoms. The number of fused-ring (bicyclic) bond motifs is 1. The standard InChI is InChI=1S/C23H17N3O/c24-15-17-10-12-18(13-11-17)22-19-8-4-5-9-20(19)26-23(27)21(25-22)14-16-6-2-1-3-7-16/h1-13,21H,14H2,(H,26,27)/t21-/m0/s1. The first-order valence-corrected chi connectivity index (χ1v) is 8.77. The van der Waals surface area contributed by atoms with Crippen molar-refractivity contribution < 1.29 is 4.79 Å². The number of nitrogens with zero attached hydrogens (tertiary/aromatic N) is 2. The minimum Gasteiger partial charge on any atom is -0.324 e. The van der Waals surface area contributed by atoms with Crippen LogP contribution in [0.25, 0.3) is 0 Å². The first-order valence-electron chi connectivity index (χ1n) is 8.77. The van der Waals surface area contributed by atoms with Gasteiger partial charge in [-0.2, -0.15) is 5.26 Å². The van der Waals surface area contributed by atoms with Gasteiger partial charge in [0.05, 0.1) is 23.0 Å². The quantitative estimate of drug-likeness (QED) is 0.776. The maximum atomic E-state index is 12.8. The average Bonchev–Trinajstić information content (AvgIpc) is 2.85. The highest BCUT2D eigenvalue weighted by Gasteiger charge is 2.25. The van der Waals surface area contributed by atoms with Gasteiger partial charge in [-0.25, -0.2) is 0 Å². The fourth-order valence-corrected chi connectivity index (χ4v) is 3.21. The number of benzodiazepines with no additional fused rings is 1. The van der Waals surface area contributed by atoms with Gasteiger partial charge in [0.15, 0.2) is 0 Å². The smallest absolute Gasteiger partial charge is 0.249 e. The van der Waals surface area contributed by atoms with E-state index in [1.165, 1.54) is 0 Å². The molecule has 1 N–H and O–H groups in total. The van der Waals surface area contributed by atoms with E-state index < -0.39 is 6.04 Å². The second-order valence-corrected chi connectivity index (χ2v) is 6.41. The minimum atomic E-state index is -0.523. The Morgan fingerprint density at radius 2 is 1.63 bits per heavy atom. The van der Waals surface area contributed by atoms with E-state index in [2.05, 4.69) is 11.4 Å². The van der Waals surface area contributed by atoms with Gasteiger partial charge in [-0.3, -0.25) is 9.79 Å². The number of hydrogen-bond donors (Lipinski definition) is 1. The van der Waals surface area contributed by atoms with Gasteiger partial charge in [-0.05, 0) is 23.8 Å². The lowest BCUT2D eigenvalue weighted by Gasteiger charge is -2.11. The van der Waals surface area contributed by atoms with Crippen LogP contribution in [0.5, 0.6) is 0 Å². The number of para-hydroxylation sites is 1. The zero-order valence-corrected chi connectivity index (χ0v) is 14.6. The highest BCUT2D eigenvalue weighted by molar-refractivity contribution is 6.19. The number of amides is 1. The molecule has 0 aromatic heterocycles. The van der Waals surface area contributed by atoms with Gasteiger partial charge >= 0.3 is 0 Å². The third-order valence-corrected chi connectivity index (χ3v) is 4.59. The molecule has 0 radical (unpaired) electrons. The number of rotatable bonds is 3. The second-order valence-electron chi connectivity index (χ2n) is 6.41. The summed E-state index contributed by atoms with van der Waals surface area (Å²) < 4.78 is 0. The van der Waals surface area contributed by atoms with Crippen LogP contribution in [0.15, 0.2) is 83.9 Å². The molecule has 4 rings (SSSR count). The van der Waals surface area contributed by atoms with Crippen LogP contribution >= 0.6 is 0 Å². The van der Waals surface area contributed by atoms with Gasteiger partial charge in [0, 0.05) is 17.5 Å². The minimum absolute atomic E-state index is 0.116. The summed E-state index contributed by atoms with van der Waals surface area (Å²) in [5, 5.41) is 12.1. The van der Waals surface area contributed by atoms with Crippen LogP contribution in [0.4, 0.5) is 5.69 Å². The number of carbonyl (C=O) groups excluding carboxylic acids is 1. The van der Waals surface area contributed by atoms with Crippen LogP contribution in [0, 0.1) is 11.3 Å². The fourth-order valence-electron chi connectivity index (χ4n) is 3.21. The predicted octanol–water partition coefficient (Wildman–Crippen LogP) is 3.96. The van der Waals surface area contributed by atoms with Gasteiger partial charge in [-0.1, -0.05) is 60.7 Å². The molecule has 1 amide bonds. The average molecular weight is 351 g/mol. The zero-order chi connectivity index (χ0) is 18.6. The molecule has 0 spiro atoms. The normalized spacial score (nSPS) is 15.7. The van der Waals surface area contributed by atoms with Gasteiger partial charge < -0.3 is 5.32 Å². The van der Waals surface area contributed by atoms with E-state index in [-0.39, 0.29) is 5.91 Å². The van der Waals surface area contributed by atoms with Crippen LogP contribution in [0.2, 0.25) is 0 Å². The summed E-state index contributed by atoms with van der Waals surface area (Å²) in [5.41, 5.74) is 4.93. The summed E-state index contributed by atoms with van der Waals surface area (Å²) in [4.78, 5) is 17.6. The Balaban J connectivity index is 1.80. The molecular weight excluding hydrogens is 334 g/mol. The lowest BCUT2D eigenvalue weighted by molar-refractivity contribution is -0.117. The Hall–Kier alpha value is -3.71. The maximum Gasteiger partial charge on any atom is 0.249 e. The summed E-state index contributed by atoms with van der Waals surface area (Å²) in [6.07, 6.45) is 0.528. The topological polar surface area (TPSA) is 65.2 Å². The van der Waals surface area contributed by atoms with Gasteiger partial charge in [0.25, 0.3) is 0 Å². The Labute approximate surface area is 157 Å². The molecule has 0 fully saturated rings. The van der Waals surface area contributed by atoms with Crippen molar-refractivity contribution >= 4 is 17.3 Å². The van der Waals surface area contributed by atoms with E-state index >= 15 is 0 Å². The number of benzene rings is 3. The van der Waals surface area contributed by atoms with Crippen LogP contribution < -0.4 is 5.32 Å². The molecule has 1 aliphatic heterocycles. The van der Waals surface area contributed by atoms with Crippen molar-refractivity contribution in [3.05, 3.63) is 101 Å². The van der Waals surface area contributed by atoms with E-state index in [9.17, 15) is 4.79 Å². The van der Waals surface area contributed by atoms with Crippen molar-refractivity contribution in [2.45, 2.75) is 12.5 Å². The summed E-state index contributed by atoms with van der Waals surface area (Å²) in [5.74, 6) is -0.116. The molecule has 4 nitrogen and oxygen atoms in total. The zero-order valence-electron chi connectivity index (χ0n) is 14.6. The molecule has 1 heterocycles. The third kappa shape index (κ3) is 3.49. The number of nitrogens with one attached hydrogen (secondary N) is 1. The van der Waals surface area contributed by atoms with Crippen molar-refractivity contribution in [2.75, 3.05) is 5.32 Å². The largest absolute Gasteiger partial charge is 0.324 e. The van der Waals surface area contributed by atoms with Crippen LogP contribution in [0.3, 0.4) is 0 Å². The van der Waals surface area contributed by atoms with Crippen molar-refractivity contribution in [3.63, 3.8) is 0 Å². The molecular formula is C23H17N3O. The second kappa shape index (κ2) is 7.27. The van der Waals surface area contributed by atoms with E-state index in [1.807, 2.05) is 66.7 Å². The maximum absolute atomic E-state index is 12.8. The Morgan fingerprint density at radius 1 is 0.926 bits per heavy atom. The number of anilines is 1. The van der Waals surface area contributed by atoms with Crippen molar-refractivity contribution in [2.24, 2.45) is 4.99 Å². The van der Waals surface area contributed by atoms with E-state index in [4.69, 9.17) is 10.3 Å². The van der Waals surface area contributed by atoms with Crippen molar-refractivity contribution in [1.29, 1.82) is 5.26 Å². The van der Waals surface area contributed by atoms with E-state index in [0.717, 1.165) is 28.1 Å². The number of hydrogen-bond acceptors (Lipinski definition) is 3. The molecule has 3 aromatic rings.